The molecule has 1 aliphatic carbocycles. The zero-order chi connectivity index (χ0) is 12.8. The molecule has 2 fully saturated rings. The van der Waals surface area contributed by atoms with Gasteiger partial charge in [-0.15, -0.1) is 0 Å². The normalized spacial score (nSPS) is 35.3. The van der Waals surface area contributed by atoms with Crippen LogP contribution < -0.4 is 10.6 Å². The van der Waals surface area contributed by atoms with Crippen LogP contribution in [0.5, 0.6) is 0 Å². The first-order valence-electron chi connectivity index (χ1n) is 8.22. The first-order chi connectivity index (χ1) is 8.75. The lowest BCUT2D eigenvalue weighted by atomic mass is 9.97. The molecule has 2 rings (SSSR count). The maximum Gasteiger partial charge on any atom is 0.00817 e. The van der Waals surface area contributed by atoms with Gasteiger partial charge in [0.05, 0.1) is 0 Å². The van der Waals surface area contributed by atoms with Crippen LogP contribution in [0.15, 0.2) is 0 Å². The molecule has 0 radical (unpaired) electrons. The van der Waals surface area contributed by atoms with E-state index < -0.39 is 0 Å². The van der Waals surface area contributed by atoms with Crippen LogP contribution in [0.4, 0.5) is 0 Å². The van der Waals surface area contributed by atoms with Crippen molar-refractivity contribution in [1.82, 2.24) is 10.6 Å². The van der Waals surface area contributed by atoms with Gasteiger partial charge in [-0.05, 0) is 57.5 Å². The van der Waals surface area contributed by atoms with E-state index in [0.29, 0.717) is 6.04 Å². The van der Waals surface area contributed by atoms with Crippen LogP contribution in [0.3, 0.4) is 0 Å². The molecule has 4 atom stereocenters. The molecule has 4 unspecified atom stereocenters. The Morgan fingerprint density at radius 2 is 2.00 bits per heavy atom. The van der Waals surface area contributed by atoms with Crippen LogP contribution in [0.2, 0.25) is 0 Å². The summed E-state index contributed by atoms with van der Waals surface area (Å²) in [5.74, 6) is 1.88. The maximum absolute atomic E-state index is 3.78. The lowest BCUT2D eigenvalue weighted by Gasteiger charge is -2.24. The molecule has 106 valence electrons. The molecule has 1 aliphatic heterocycles. The minimum absolute atomic E-state index is 0.674. The highest BCUT2D eigenvalue weighted by atomic mass is 15.0. The van der Waals surface area contributed by atoms with Gasteiger partial charge in [-0.25, -0.2) is 0 Å². The molecular weight excluding hydrogens is 220 g/mol. The van der Waals surface area contributed by atoms with Crippen molar-refractivity contribution >= 4 is 0 Å². The fraction of sp³-hybridized carbons (Fsp3) is 1.00. The Kier molecular flexibility index (Phi) is 5.97. The summed E-state index contributed by atoms with van der Waals surface area (Å²) < 4.78 is 0. The van der Waals surface area contributed by atoms with E-state index in [1.54, 1.807) is 0 Å². The molecule has 0 spiro atoms. The van der Waals surface area contributed by atoms with Gasteiger partial charge >= 0.3 is 0 Å². The summed E-state index contributed by atoms with van der Waals surface area (Å²) >= 11 is 0. The van der Waals surface area contributed by atoms with E-state index in [1.165, 1.54) is 64.5 Å². The summed E-state index contributed by atoms with van der Waals surface area (Å²) in [6.07, 6.45) is 11.2. The van der Waals surface area contributed by atoms with Gasteiger partial charge in [0.25, 0.3) is 0 Å². The molecule has 0 bridgehead atoms. The number of nitrogens with one attached hydrogen (secondary N) is 2. The molecule has 1 saturated heterocycles. The SMILES string of the molecule is CC(CC1CCCCCN1)NCC1CCCC1C. The average Bonchev–Trinajstić information content (AvgIpc) is 2.61. The third-order valence-corrected chi connectivity index (χ3v) is 5.07. The van der Waals surface area contributed by atoms with Crippen LogP contribution >= 0.6 is 0 Å². The molecule has 0 aromatic heterocycles. The van der Waals surface area contributed by atoms with Crippen molar-refractivity contribution < 1.29 is 0 Å². The first-order valence-corrected chi connectivity index (χ1v) is 8.22. The predicted molar refractivity (Wildman–Crippen MR) is 78.8 cm³/mol. The molecule has 0 amide bonds. The summed E-state index contributed by atoms with van der Waals surface area (Å²) in [5, 5.41) is 7.49. The van der Waals surface area contributed by atoms with Gasteiger partial charge in [-0.2, -0.15) is 0 Å². The number of rotatable bonds is 5. The van der Waals surface area contributed by atoms with Gasteiger partial charge in [0.1, 0.15) is 0 Å². The fourth-order valence-corrected chi connectivity index (χ4v) is 3.69. The second-order valence-corrected chi connectivity index (χ2v) is 6.71. The van der Waals surface area contributed by atoms with Crippen molar-refractivity contribution in [1.29, 1.82) is 0 Å². The van der Waals surface area contributed by atoms with E-state index in [0.717, 1.165) is 17.9 Å². The minimum Gasteiger partial charge on any atom is -0.314 e. The first kappa shape index (κ1) is 14.3. The standard InChI is InChI=1S/C16H32N2/c1-13-7-6-8-15(13)12-18-14(2)11-16-9-4-3-5-10-17-16/h13-18H,3-12H2,1-2H3. The van der Waals surface area contributed by atoms with Crippen molar-refractivity contribution in [2.75, 3.05) is 13.1 Å². The second kappa shape index (κ2) is 7.49. The summed E-state index contributed by atoms with van der Waals surface area (Å²) in [5.41, 5.74) is 0. The van der Waals surface area contributed by atoms with Crippen LogP contribution in [-0.2, 0) is 0 Å². The molecular formula is C16H32N2. The van der Waals surface area contributed by atoms with E-state index in [2.05, 4.69) is 24.5 Å². The number of hydrogen-bond donors (Lipinski definition) is 2. The van der Waals surface area contributed by atoms with Crippen LogP contribution in [0, 0.1) is 11.8 Å². The Balaban J connectivity index is 1.63. The van der Waals surface area contributed by atoms with E-state index in [1.807, 2.05) is 0 Å². The Labute approximate surface area is 113 Å². The molecule has 1 heterocycles. The summed E-state index contributed by atoms with van der Waals surface area (Å²) in [7, 11) is 0. The minimum atomic E-state index is 0.674. The summed E-state index contributed by atoms with van der Waals surface area (Å²) in [6, 6.07) is 1.43. The van der Waals surface area contributed by atoms with E-state index in [4.69, 9.17) is 0 Å². The van der Waals surface area contributed by atoms with Gasteiger partial charge in [-0.1, -0.05) is 32.6 Å². The Morgan fingerprint density at radius 1 is 1.11 bits per heavy atom. The molecule has 2 aliphatic rings. The quantitative estimate of drug-likeness (QED) is 0.784. The molecule has 2 nitrogen and oxygen atoms in total. The van der Waals surface area contributed by atoms with Crippen LogP contribution in [0.25, 0.3) is 0 Å². The van der Waals surface area contributed by atoms with Crippen molar-refractivity contribution in [2.45, 2.75) is 77.3 Å². The fourth-order valence-electron chi connectivity index (χ4n) is 3.69. The molecule has 0 aromatic carbocycles. The van der Waals surface area contributed by atoms with E-state index in [-0.39, 0.29) is 0 Å². The zero-order valence-corrected chi connectivity index (χ0v) is 12.4. The third kappa shape index (κ3) is 4.55. The predicted octanol–water partition coefficient (Wildman–Crippen LogP) is 3.32. The lowest BCUT2D eigenvalue weighted by molar-refractivity contribution is 0.344. The zero-order valence-electron chi connectivity index (χ0n) is 12.4. The highest BCUT2D eigenvalue weighted by molar-refractivity contribution is 4.80. The Morgan fingerprint density at radius 3 is 2.78 bits per heavy atom. The second-order valence-electron chi connectivity index (χ2n) is 6.71. The molecule has 2 N–H and O–H groups in total. The summed E-state index contributed by atoms with van der Waals surface area (Å²) in [4.78, 5) is 0. The van der Waals surface area contributed by atoms with Crippen molar-refractivity contribution in [3.63, 3.8) is 0 Å². The van der Waals surface area contributed by atoms with E-state index >= 15 is 0 Å². The van der Waals surface area contributed by atoms with E-state index in [9.17, 15) is 0 Å². The highest BCUT2D eigenvalue weighted by Crippen LogP contribution is 2.30. The van der Waals surface area contributed by atoms with Gasteiger partial charge < -0.3 is 10.6 Å². The Bertz CT molecular complexity index is 221. The monoisotopic (exact) mass is 252 g/mol. The lowest BCUT2D eigenvalue weighted by Crippen LogP contribution is -2.38. The molecule has 1 saturated carbocycles. The van der Waals surface area contributed by atoms with Gasteiger partial charge in [-0.3, -0.25) is 0 Å². The smallest absolute Gasteiger partial charge is 0.00817 e. The molecule has 0 aromatic rings. The highest BCUT2D eigenvalue weighted by Gasteiger charge is 2.23. The molecule has 2 heteroatoms. The van der Waals surface area contributed by atoms with Crippen molar-refractivity contribution in [3.05, 3.63) is 0 Å². The number of hydrogen-bond acceptors (Lipinski definition) is 2. The summed E-state index contributed by atoms with van der Waals surface area (Å²) in [6.45, 7) is 7.27. The largest absolute Gasteiger partial charge is 0.314 e. The van der Waals surface area contributed by atoms with Gasteiger partial charge in [0.2, 0.25) is 0 Å². The van der Waals surface area contributed by atoms with Crippen LogP contribution in [-0.4, -0.2) is 25.2 Å². The topological polar surface area (TPSA) is 24.1 Å². The van der Waals surface area contributed by atoms with Crippen molar-refractivity contribution in [2.24, 2.45) is 11.8 Å². The van der Waals surface area contributed by atoms with Gasteiger partial charge in [0, 0.05) is 12.1 Å². The van der Waals surface area contributed by atoms with Crippen LogP contribution in [0.1, 0.15) is 65.2 Å². The van der Waals surface area contributed by atoms with Gasteiger partial charge in [0.15, 0.2) is 0 Å². The Hall–Kier alpha value is -0.0800. The maximum atomic E-state index is 3.78. The molecule has 18 heavy (non-hydrogen) atoms. The van der Waals surface area contributed by atoms with Crippen molar-refractivity contribution in [3.8, 4) is 0 Å². The average molecular weight is 252 g/mol. The third-order valence-electron chi connectivity index (χ3n) is 5.07.